The minimum Gasteiger partial charge on any atom is -0.378 e. The monoisotopic (exact) mass is 471 g/mol. The number of nitrogens with zero attached hydrogens (tertiary/aromatic N) is 4. The molecule has 0 radical (unpaired) electrons. The average molecular weight is 472 g/mol. The number of hydrogen-bond acceptors (Lipinski definition) is 6. The minimum atomic E-state index is -0.140. The minimum absolute atomic E-state index is 0.140. The highest BCUT2D eigenvalue weighted by atomic mass is 32.1. The summed E-state index contributed by atoms with van der Waals surface area (Å²) >= 11 is 1.55. The van der Waals surface area contributed by atoms with Gasteiger partial charge in [0, 0.05) is 43.7 Å². The Bertz CT molecular complexity index is 1310. The summed E-state index contributed by atoms with van der Waals surface area (Å²) in [6.45, 7) is 3.24. The molecule has 0 bridgehead atoms. The van der Waals surface area contributed by atoms with Gasteiger partial charge in [0.25, 0.3) is 5.91 Å². The number of thiazole rings is 1. The van der Waals surface area contributed by atoms with Gasteiger partial charge in [0.2, 0.25) is 0 Å². The van der Waals surface area contributed by atoms with E-state index in [-0.39, 0.29) is 5.91 Å². The maximum Gasteiger partial charge on any atom is 0.255 e. The van der Waals surface area contributed by atoms with Crippen LogP contribution in [0.3, 0.4) is 0 Å². The number of benzene rings is 2. The molecule has 1 aliphatic rings. The predicted octanol–water partition coefficient (Wildman–Crippen LogP) is 5.66. The maximum absolute atomic E-state index is 13.0. The van der Waals surface area contributed by atoms with Crippen molar-refractivity contribution in [3.63, 3.8) is 0 Å². The molecule has 0 saturated carbocycles. The first-order valence-corrected chi connectivity index (χ1v) is 12.5. The van der Waals surface area contributed by atoms with Gasteiger partial charge in [-0.05, 0) is 67.9 Å². The molecule has 0 spiro atoms. The lowest BCUT2D eigenvalue weighted by molar-refractivity contribution is 0.102. The lowest BCUT2D eigenvalue weighted by Gasteiger charge is -2.26. The van der Waals surface area contributed by atoms with Gasteiger partial charge in [0.1, 0.15) is 15.4 Å². The number of para-hydroxylation sites is 1. The van der Waals surface area contributed by atoms with E-state index in [9.17, 15) is 4.79 Å². The van der Waals surface area contributed by atoms with Gasteiger partial charge in [-0.15, -0.1) is 0 Å². The number of anilines is 2. The number of nitrogens with one attached hydrogen (secondary N) is 1. The third-order valence-corrected chi connectivity index (χ3v) is 7.20. The smallest absolute Gasteiger partial charge is 0.255 e. The number of pyridine rings is 1. The number of piperidine rings is 1. The maximum atomic E-state index is 13.0. The molecule has 1 saturated heterocycles. The average Bonchev–Trinajstić information content (AvgIpc) is 3.28. The van der Waals surface area contributed by atoms with Crippen LogP contribution < -0.4 is 10.2 Å². The molecule has 1 amide bonds. The highest BCUT2D eigenvalue weighted by molar-refractivity contribution is 7.21. The Labute approximate surface area is 204 Å². The van der Waals surface area contributed by atoms with E-state index in [1.165, 1.54) is 24.8 Å². The van der Waals surface area contributed by atoms with Crippen LogP contribution >= 0.6 is 11.3 Å². The highest BCUT2D eigenvalue weighted by Gasteiger charge is 2.16. The van der Waals surface area contributed by atoms with Crippen molar-refractivity contribution in [2.45, 2.75) is 25.8 Å². The molecule has 0 atom stereocenters. The van der Waals surface area contributed by atoms with Crippen LogP contribution in [0.5, 0.6) is 0 Å². The Morgan fingerprint density at radius 3 is 2.71 bits per heavy atom. The van der Waals surface area contributed by atoms with Gasteiger partial charge in [-0.2, -0.15) is 0 Å². The summed E-state index contributed by atoms with van der Waals surface area (Å²) in [6.07, 6.45) is 5.86. The molecule has 3 heterocycles. The summed E-state index contributed by atoms with van der Waals surface area (Å²) in [7, 11) is 3.93. The predicted molar refractivity (Wildman–Crippen MR) is 141 cm³/mol. The van der Waals surface area contributed by atoms with E-state index >= 15 is 0 Å². The molecule has 0 unspecified atom stereocenters. The summed E-state index contributed by atoms with van der Waals surface area (Å²) in [5.74, 6) is -0.140. The summed E-state index contributed by atoms with van der Waals surface area (Å²) in [6, 6.07) is 17.6. The van der Waals surface area contributed by atoms with Gasteiger partial charge >= 0.3 is 0 Å². The van der Waals surface area contributed by atoms with Gasteiger partial charge in [-0.25, -0.2) is 9.97 Å². The number of amides is 1. The molecule has 6 nitrogen and oxygen atoms in total. The van der Waals surface area contributed by atoms with Crippen LogP contribution in [0.4, 0.5) is 11.4 Å². The van der Waals surface area contributed by atoms with Crippen molar-refractivity contribution in [1.82, 2.24) is 14.9 Å². The molecule has 2 aromatic carbocycles. The SMILES string of the molecule is CN(C)c1cccc(C(=O)Nc2ccccc2-c2nc3cc(CN4CCCCC4)cnc3s2)c1. The van der Waals surface area contributed by atoms with Crippen LogP contribution in [0.2, 0.25) is 0 Å². The Kier molecular flexibility index (Phi) is 6.56. The van der Waals surface area contributed by atoms with Crippen LogP contribution in [0.1, 0.15) is 35.2 Å². The van der Waals surface area contributed by atoms with Gasteiger partial charge < -0.3 is 10.2 Å². The van der Waals surface area contributed by atoms with E-state index in [2.05, 4.69) is 16.3 Å². The van der Waals surface area contributed by atoms with E-state index in [0.717, 1.165) is 51.9 Å². The number of carbonyl (C=O) groups is 1. The first kappa shape index (κ1) is 22.5. The Morgan fingerprint density at radius 2 is 1.88 bits per heavy atom. The van der Waals surface area contributed by atoms with Gasteiger partial charge in [-0.3, -0.25) is 9.69 Å². The van der Waals surface area contributed by atoms with E-state index in [1.807, 2.05) is 73.7 Å². The van der Waals surface area contributed by atoms with Crippen molar-refractivity contribution in [2.24, 2.45) is 0 Å². The van der Waals surface area contributed by atoms with Gasteiger partial charge in [-0.1, -0.05) is 36.0 Å². The van der Waals surface area contributed by atoms with Gasteiger partial charge in [0.15, 0.2) is 0 Å². The molecule has 34 heavy (non-hydrogen) atoms. The fraction of sp³-hybridized carbons (Fsp3) is 0.296. The number of fused-ring (bicyclic) bond motifs is 1. The van der Waals surface area contributed by atoms with E-state index in [4.69, 9.17) is 9.97 Å². The van der Waals surface area contributed by atoms with Crippen molar-refractivity contribution in [1.29, 1.82) is 0 Å². The number of aromatic nitrogens is 2. The Morgan fingerprint density at radius 1 is 1.06 bits per heavy atom. The second kappa shape index (κ2) is 9.91. The second-order valence-corrected chi connectivity index (χ2v) is 9.95. The Hall–Kier alpha value is -3.29. The van der Waals surface area contributed by atoms with Crippen LogP contribution in [-0.4, -0.2) is 48.0 Å². The molecule has 174 valence electrons. The molecule has 1 aliphatic heterocycles. The third kappa shape index (κ3) is 4.95. The topological polar surface area (TPSA) is 61.4 Å². The second-order valence-electron chi connectivity index (χ2n) is 8.97. The normalized spacial score (nSPS) is 14.3. The summed E-state index contributed by atoms with van der Waals surface area (Å²) in [4.78, 5) is 28.0. The molecule has 1 N–H and O–H groups in total. The summed E-state index contributed by atoms with van der Waals surface area (Å²) in [5.41, 5.74) is 5.37. The Balaban J connectivity index is 1.39. The molecule has 7 heteroatoms. The largest absolute Gasteiger partial charge is 0.378 e. The highest BCUT2D eigenvalue weighted by Crippen LogP contribution is 2.34. The summed E-state index contributed by atoms with van der Waals surface area (Å²) < 4.78 is 0. The first-order valence-electron chi connectivity index (χ1n) is 11.7. The number of carbonyl (C=O) groups excluding carboxylic acids is 1. The lowest BCUT2D eigenvalue weighted by atomic mass is 10.1. The van der Waals surface area contributed by atoms with E-state index < -0.39 is 0 Å². The molecular formula is C27H29N5OS. The van der Waals surface area contributed by atoms with Crippen molar-refractivity contribution >= 4 is 39.0 Å². The van der Waals surface area contributed by atoms with Crippen molar-refractivity contribution in [3.8, 4) is 10.6 Å². The zero-order chi connectivity index (χ0) is 23.5. The number of likely N-dealkylation sites (tertiary alicyclic amines) is 1. The van der Waals surface area contributed by atoms with E-state index in [1.54, 1.807) is 11.3 Å². The zero-order valence-electron chi connectivity index (χ0n) is 19.6. The molecule has 2 aromatic heterocycles. The van der Waals surface area contributed by atoms with E-state index in [0.29, 0.717) is 5.56 Å². The third-order valence-electron chi connectivity index (χ3n) is 6.19. The number of hydrogen-bond donors (Lipinski definition) is 1. The fourth-order valence-electron chi connectivity index (χ4n) is 4.34. The fourth-order valence-corrected chi connectivity index (χ4v) is 5.27. The van der Waals surface area contributed by atoms with Crippen molar-refractivity contribution in [2.75, 3.05) is 37.4 Å². The molecule has 0 aliphatic carbocycles. The zero-order valence-corrected chi connectivity index (χ0v) is 20.4. The van der Waals surface area contributed by atoms with Crippen LogP contribution in [-0.2, 0) is 6.54 Å². The molecule has 5 rings (SSSR count). The van der Waals surface area contributed by atoms with Gasteiger partial charge in [0.05, 0.1) is 5.69 Å². The summed E-state index contributed by atoms with van der Waals surface area (Å²) in [5, 5.41) is 3.94. The quantitative estimate of drug-likeness (QED) is 0.393. The van der Waals surface area contributed by atoms with Crippen LogP contribution in [0.15, 0.2) is 60.8 Å². The molecule has 4 aromatic rings. The lowest BCUT2D eigenvalue weighted by Crippen LogP contribution is -2.29. The molecule has 1 fully saturated rings. The first-order chi connectivity index (χ1) is 16.6. The standard InChI is InChI=1S/C27H29N5OS/c1-31(2)21-10-8-9-20(16-21)25(33)29-23-12-5-4-11-22(23)26-30-24-15-19(17-28-27(24)34-26)18-32-13-6-3-7-14-32/h4-5,8-12,15-17H,3,6-7,13-14,18H2,1-2H3,(H,29,33). The van der Waals surface area contributed by atoms with Crippen LogP contribution in [0, 0.1) is 0 Å². The van der Waals surface area contributed by atoms with Crippen LogP contribution in [0.25, 0.3) is 20.9 Å². The van der Waals surface area contributed by atoms with Crippen molar-refractivity contribution in [3.05, 3.63) is 71.9 Å². The molecular weight excluding hydrogens is 442 g/mol. The number of rotatable bonds is 6. The van der Waals surface area contributed by atoms with Crippen molar-refractivity contribution < 1.29 is 4.79 Å².